The van der Waals surface area contributed by atoms with Crippen LogP contribution in [0.15, 0.2) is 33.5 Å². The van der Waals surface area contributed by atoms with Crippen LogP contribution in [0.4, 0.5) is 0 Å². The zero-order valence-electron chi connectivity index (χ0n) is 19.8. The fourth-order valence-electron chi connectivity index (χ4n) is 4.30. The molecule has 0 atom stereocenters. The molecule has 3 aromatic rings. The second kappa shape index (κ2) is 12.4. The van der Waals surface area contributed by atoms with E-state index in [9.17, 15) is 30.3 Å². The monoisotopic (exact) mass is 486 g/mol. The van der Waals surface area contributed by atoms with Gasteiger partial charge in [0.15, 0.2) is 16.9 Å². The van der Waals surface area contributed by atoms with Gasteiger partial charge in [0, 0.05) is 30.4 Å². The first-order chi connectivity index (χ1) is 16.8. The Morgan fingerprint density at radius 2 is 1.20 bits per heavy atom. The summed E-state index contributed by atoms with van der Waals surface area (Å²) in [5.41, 5.74) is -0.345. The highest BCUT2D eigenvalue weighted by Crippen LogP contribution is 2.40. The predicted molar refractivity (Wildman–Crippen MR) is 133 cm³/mol. The van der Waals surface area contributed by atoms with Crippen molar-refractivity contribution >= 4 is 11.0 Å². The zero-order chi connectivity index (χ0) is 25.4. The molecule has 0 aliphatic carbocycles. The van der Waals surface area contributed by atoms with Crippen molar-refractivity contribution in [1.82, 2.24) is 0 Å². The Hall–Kier alpha value is -3.39. The van der Waals surface area contributed by atoms with Crippen LogP contribution in [0.1, 0.15) is 69.8 Å². The van der Waals surface area contributed by atoms with Crippen molar-refractivity contribution in [3.63, 3.8) is 0 Å². The predicted octanol–water partition coefficient (Wildman–Crippen LogP) is 5.42. The van der Waals surface area contributed by atoms with Crippen molar-refractivity contribution in [2.45, 2.75) is 70.6 Å². The molecule has 0 amide bonds. The number of hydrogen-bond donors (Lipinski definition) is 6. The molecule has 8 heteroatoms. The molecule has 190 valence electrons. The third kappa shape index (κ3) is 6.60. The number of benzene rings is 2. The summed E-state index contributed by atoms with van der Waals surface area (Å²) in [4.78, 5) is 12.8. The normalized spacial score (nSPS) is 11.3. The third-order valence-corrected chi connectivity index (χ3v) is 6.27. The van der Waals surface area contributed by atoms with Gasteiger partial charge in [0.25, 0.3) is 0 Å². The number of fused-ring (bicyclic) bond motifs is 1. The van der Waals surface area contributed by atoms with Crippen LogP contribution in [0.2, 0.25) is 0 Å². The van der Waals surface area contributed by atoms with Gasteiger partial charge in [0.2, 0.25) is 0 Å². The fourth-order valence-corrected chi connectivity index (χ4v) is 4.30. The number of phenolic OH excluding ortho intramolecular Hbond substituents is 5. The molecule has 0 aliphatic rings. The van der Waals surface area contributed by atoms with Gasteiger partial charge in [0.05, 0.1) is 5.56 Å². The van der Waals surface area contributed by atoms with Crippen LogP contribution in [-0.4, -0.2) is 37.2 Å². The molecule has 1 heterocycles. The maximum absolute atomic E-state index is 12.8. The van der Waals surface area contributed by atoms with Crippen molar-refractivity contribution in [3.05, 3.63) is 40.1 Å². The molecule has 0 bridgehead atoms. The molecule has 0 aliphatic heterocycles. The van der Waals surface area contributed by atoms with E-state index in [-0.39, 0.29) is 40.4 Å². The number of unbranched alkanes of at least 4 members (excludes halogenated alkanes) is 9. The minimum absolute atomic E-state index is 0.0208. The van der Waals surface area contributed by atoms with Crippen molar-refractivity contribution in [2.24, 2.45) is 0 Å². The molecule has 0 saturated carbocycles. The van der Waals surface area contributed by atoms with E-state index in [1.807, 2.05) is 0 Å². The lowest BCUT2D eigenvalue weighted by atomic mass is 10.00. The molecular formula is C27H34O8. The summed E-state index contributed by atoms with van der Waals surface area (Å²) < 4.78 is 5.65. The highest BCUT2D eigenvalue weighted by molar-refractivity contribution is 5.88. The lowest BCUT2D eigenvalue weighted by Crippen LogP contribution is -2.03. The minimum atomic E-state index is -0.564. The Kier molecular flexibility index (Phi) is 9.25. The number of phenols is 5. The summed E-state index contributed by atoms with van der Waals surface area (Å²) in [6.07, 6.45) is 11.0. The fraction of sp³-hybridized carbons (Fsp3) is 0.444. The molecule has 0 fully saturated rings. The Bertz CT molecular complexity index is 1200. The molecular weight excluding hydrogens is 452 g/mol. The first-order valence-corrected chi connectivity index (χ1v) is 12.2. The molecule has 0 radical (unpaired) electrons. The van der Waals surface area contributed by atoms with Crippen LogP contribution in [0, 0.1) is 0 Å². The second-order valence-corrected chi connectivity index (χ2v) is 8.94. The molecule has 0 spiro atoms. The quantitative estimate of drug-likeness (QED) is 0.106. The Balaban J connectivity index is 1.64. The van der Waals surface area contributed by atoms with E-state index in [0.717, 1.165) is 63.1 Å². The van der Waals surface area contributed by atoms with Gasteiger partial charge in [0.1, 0.15) is 34.0 Å². The van der Waals surface area contributed by atoms with Crippen molar-refractivity contribution < 1.29 is 35.1 Å². The van der Waals surface area contributed by atoms with Gasteiger partial charge in [-0.05, 0) is 25.3 Å². The van der Waals surface area contributed by atoms with Gasteiger partial charge in [-0.1, -0.05) is 51.4 Å². The van der Waals surface area contributed by atoms with Gasteiger partial charge in [-0.2, -0.15) is 0 Å². The van der Waals surface area contributed by atoms with Gasteiger partial charge < -0.3 is 35.1 Å². The van der Waals surface area contributed by atoms with Gasteiger partial charge in [-0.25, -0.2) is 0 Å². The van der Waals surface area contributed by atoms with E-state index in [1.165, 1.54) is 25.3 Å². The summed E-state index contributed by atoms with van der Waals surface area (Å²) in [7, 11) is 0. The number of aromatic hydroxyl groups is 5. The molecule has 0 unspecified atom stereocenters. The molecule has 1 aromatic heterocycles. The first kappa shape index (κ1) is 26.2. The largest absolute Gasteiger partial charge is 0.507 e. The van der Waals surface area contributed by atoms with Crippen LogP contribution >= 0.6 is 0 Å². The maximum atomic E-state index is 12.8. The summed E-state index contributed by atoms with van der Waals surface area (Å²) in [5, 5.41) is 59.2. The zero-order valence-corrected chi connectivity index (χ0v) is 19.8. The van der Waals surface area contributed by atoms with Crippen LogP contribution in [0.25, 0.3) is 22.3 Å². The van der Waals surface area contributed by atoms with E-state index in [0.29, 0.717) is 12.0 Å². The lowest BCUT2D eigenvalue weighted by Gasteiger charge is -2.12. The summed E-state index contributed by atoms with van der Waals surface area (Å²) in [6.45, 7) is 0.268. The van der Waals surface area contributed by atoms with E-state index < -0.39 is 22.7 Å². The number of hydrogen-bond acceptors (Lipinski definition) is 8. The van der Waals surface area contributed by atoms with E-state index in [1.54, 1.807) is 0 Å². The molecule has 2 aromatic carbocycles. The van der Waals surface area contributed by atoms with E-state index >= 15 is 0 Å². The third-order valence-electron chi connectivity index (χ3n) is 6.27. The Morgan fingerprint density at radius 3 is 1.83 bits per heavy atom. The Labute approximate surface area is 203 Å². The highest BCUT2D eigenvalue weighted by atomic mass is 16.3. The topological polar surface area (TPSA) is 152 Å². The number of aliphatic hydroxyl groups excluding tert-OH is 1. The van der Waals surface area contributed by atoms with Crippen molar-refractivity contribution in [2.75, 3.05) is 6.61 Å². The van der Waals surface area contributed by atoms with Crippen LogP contribution in [0.3, 0.4) is 0 Å². The van der Waals surface area contributed by atoms with Gasteiger partial charge in [-0.15, -0.1) is 0 Å². The standard InChI is InChI=1S/C27H34O8/c28-12-10-8-6-4-2-1-3-5-7-9-11-17-20(30)15-25-26(27(17)34)23(33)16-24(35-25)18-13-21(31)22(32)14-19(18)29/h13-16,28-32,34H,1-12H2. The van der Waals surface area contributed by atoms with E-state index in [2.05, 4.69) is 0 Å². The average molecular weight is 487 g/mol. The molecule has 8 nitrogen and oxygen atoms in total. The van der Waals surface area contributed by atoms with Crippen LogP contribution < -0.4 is 5.43 Å². The Morgan fingerprint density at radius 1 is 0.629 bits per heavy atom. The van der Waals surface area contributed by atoms with E-state index in [4.69, 9.17) is 9.52 Å². The lowest BCUT2D eigenvalue weighted by molar-refractivity contribution is 0.282. The first-order valence-electron chi connectivity index (χ1n) is 12.2. The van der Waals surface area contributed by atoms with Crippen LogP contribution in [-0.2, 0) is 6.42 Å². The SMILES string of the molecule is O=c1cc(-c2cc(O)c(O)cc2O)oc2cc(O)c(CCCCCCCCCCCCO)c(O)c12. The van der Waals surface area contributed by atoms with Crippen molar-refractivity contribution in [1.29, 1.82) is 0 Å². The number of aliphatic hydroxyl groups is 1. The average Bonchev–Trinajstić information content (AvgIpc) is 2.81. The molecule has 6 N–H and O–H groups in total. The summed E-state index contributed by atoms with van der Waals surface area (Å²) in [6, 6.07) is 4.33. The van der Waals surface area contributed by atoms with Gasteiger partial charge >= 0.3 is 0 Å². The summed E-state index contributed by atoms with van der Waals surface area (Å²) >= 11 is 0. The van der Waals surface area contributed by atoms with Gasteiger partial charge in [-0.3, -0.25) is 4.79 Å². The highest BCUT2D eigenvalue weighted by Gasteiger charge is 2.19. The second-order valence-electron chi connectivity index (χ2n) is 8.94. The minimum Gasteiger partial charge on any atom is -0.507 e. The maximum Gasteiger partial charge on any atom is 0.197 e. The molecule has 35 heavy (non-hydrogen) atoms. The molecule has 0 saturated heterocycles. The number of rotatable bonds is 13. The summed E-state index contributed by atoms with van der Waals surface area (Å²) in [5.74, 6) is -2.02. The van der Waals surface area contributed by atoms with Crippen molar-refractivity contribution in [3.8, 4) is 40.1 Å². The van der Waals surface area contributed by atoms with Crippen LogP contribution in [0.5, 0.6) is 28.7 Å². The smallest absolute Gasteiger partial charge is 0.197 e. The molecule has 3 rings (SSSR count).